The molecule has 2 saturated heterocycles. The zero-order valence-corrected chi connectivity index (χ0v) is 10.8. The lowest BCUT2D eigenvalue weighted by Gasteiger charge is -2.23. The first kappa shape index (κ1) is 11.4. The molecule has 2 fully saturated rings. The van der Waals surface area contributed by atoms with Crippen molar-refractivity contribution in [1.29, 1.82) is 0 Å². The molecule has 5 nitrogen and oxygen atoms in total. The molecule has 17 heavy (non-hydrogen) atoms. The van der Waals surface area contributed by atoms with Gasteiger partial charge in [0.1, 0.15) is 5.01 Å². The van der Waals surface area contributed by atoms with Crippen LogP contribution in [-0.2, 0) is 6.54 Å². The molecule has 1 aromatic rings. The van der Waals surface area contributed by atoms with Crippen LogP contribution in [0.2, 0.25) is 0 Å². The van der Waals surface area contributed by atoms with E-state index in [0.717, 1.165) is 17.6 Å². The Labute approximate surface area is 106 Å². The van der Waals surface area contributed by atoms with Gasteiger partial charge in [-0.1, -0.05) is 11.3 Å². The second kappa shape index (κ2) is 4.88. The maximum absolute atomic E-state index is 5.60. The van der Waals surface area contributed by atoms with E-state index in [2.05, 4.69) is 20.0 Å². The van der Waals surface area contributed by atoms with Gasteiger partial charge in [-0.15, -0.1) is 10.2 Å². The highest BCUT2D eigenvalue weighted by atomic mass is 32.1. The largest absolute Gasteiger partial charge is 0.374 e. The number of rotatable bonds is 3. The van der Waals surface area contributed by atoms with Crippen molar-refractivity contribution in [3.05, 3.63) is 5.01 Å². The molecule has 0 aliphatic carbocycles. The number of aromatic nitrogens is 2. The third-order valence-electron chi connectivity index (χ3n) is 3.75. The summed E-state index contributed by atoms with van der Waals surface area (Å²) in [6.07, 6.45) is 4.06. The average molecular weight is 253 g/mol. The summed E-state index contributed by atoms with van der Waals surface area (Å²) in [5, 5.41) is 9.58. The molecule has 1 aromatic heterocycles. The fourth-order valence-electron chi connectivity index (χ4n) is 2.88. The molecule has 0 spiro atoms. The van der Waals surface area contributed by atoms with Gasteiger partial charge in [-0.25, -0.2) is 0 Å². The summed E-state index contributed by atoms with van der Waals surface area (Å²) < 4.78 is 0. The SMILES string of the molecule is Nc1nnc(CN2CCC(N3CCCC3)C2)s1. The zero-order valence-electron chi connectivity index (χ0n) is 10.0. The van der Waals surface area contributed by atoms with E-state index < -0.39 is 0 Å². The summed E-state index contributed by atoms with van der Waals surface area (Å²) >= 11 is 1.51. The number of hydrogen-bond acceptors (Lipinski definition) is 6. The molecule has 1 atom stereocenters. The topological polar surface area (TPSA) is 58.3 Å². The highest BCUT2D eigenvalue weighted by Gasteiger charge is 2.29. The summed E-state index contributed by atoms with van der Waals surface area (Å²) in [6.45, 7) is 5.87. The minimum absolute atomic E-state index is 0.579. The minimum atomic E-state index is 0.579. The fourth-order valence-corrected chi connectivity index (χ4v) is 3.53. The van der Waals surface area contributed by atoms with Crippen molar-refractivity contribution < 1.29 is 0 Å². The molecule has 3 rings (SSSR count). The molecule has 2 aliphatic rings. The minimum Gasteiger partial charge on any atom is -0.374 e. The molecule has 1 unspecified atom stereocenters. The van der Waals surface area contributed by atoms with Gasteiger partial charge in [0.15, 0.2) is 0 Å². The van der Waals surface area contributed by atoms with Gasteiger partial charge >= 0.3 is 0 Å². The van der Waals surface area contributed by atoms with Crippen LogP contribution in [0.1, 0.15) is 24.3 Å². The quantitative estimate of drug-likeness (QED) is 0.863. The summed E-state index contributed by atoms with van der Waals surface area (Å²) in [5.74, 6) is 0. The Bertz CT molecular complexity index is 374. The molecule has 94 valence electrons. The van der Waals surface area contributed by atoms with Gasteiger partial charge in [-0.05, 0) is 32.4 Å². The Kier molecular flexibility index (Phi) is 3.26. The highest BCUT2D eigenvalue weighted by Crippen LogP contribution is 2.22. The molecule has 0 bridgehead atoms. The summed E-state index contributed by atoms with van der Waals surface area (Å²) in [6, 6.07) is 0.766. The lowest BCUT2D eigenvalue weighted by molar-refractivity contribution is 0.229. The summed E-state index contributed by atoms with van der Waals surface area (Å²) in [4.78, 5) is 5.12. The van der Waals surface area contributed by atoms with Crippen molar-refractivity contribution >= 4 is 16.5 Å². The van der Waals surface area contributed by atoms with Gasteiger partial charge in [0.05, 0.1) is 6.54 Å². The molecule has 2 aliphatic heterocycles. The molecular weight excluding hydrogens is 234 g/mol. The standard InChI is InChI=1S/C11H19N5S/c12-11-14-13-10(17-11)8-15-6-3-9(7-15)16-4-1-2-5-16/h9H,1-8H2,(H2,12,14). The van der Waals surface area contributed by atoms with Crippen molar-refractivity contribution in [3.63, 3.8) is 0 Å². The second-order valence-corrected chi connectivity index (χ2v) is 6.05. The number of hydrogen-bond donors (Lipinski definition) is 1. The number of anilines is 1. The van der Waals surface area contributed by atoms with Gasteiger partial charge in [-0.3, -0.25) is 9.80 Å². The van der Waals surface area contributed by atoms with E-state index >= 15 is 0 Å². The Hall–Kier alpha value is -0.720. The summed E-state index contributed by atoms with van der Waals surface area (Å²) in [7, 11) is 0. The first-order valence-electron chi connectivity index (χ1n) is 6.35. The van der Waals surface area contributed by atoms with Gasteiger partial charge in [0.2, 0.25) is 5.13 Å². The zero-order chi connectivity index (χ0) is 11.7. The Morgan fingerprint density at radius 3 is 2.76 bits per heavy atom. The molecule has 0 amide bonds. The van der Waals surface area contributed by atoms with Crippen molar-refractivity contribution in [2.45, 2.75) is 31.8 Å². The lowest BCUT2D eigenvalue weighted by atomic mass is 10.2. The maximum atomic E-state index is 5.60. The van der Waals surface area contributed by atoms with Crippen molar-refractivity contribution in [2.75, 3.05) is 31.9 Å². The van der Waals surface area contributed by atoms with Crippen molar-refractivity contribution in [1.82, 2.24) is 20.0 Å². The lowest BCUT2D eigenvalue weighted by Crippen LogP contribution is -2.35. The van der Waals surface area contributed by atoms with Crippen LogP contribution >= 0.6 is 11.3 Å². The molecule has 3 heterocycles. The van der Waals surface area contributed by atoms with Gasteiger partial charge in [0.25, 0.3) is 0 Å². The predicted molar refractivity (Wildman–Crippen MR) is 68.8 cm³/mol. The van der Waals surface area contributed by atoms with Crippen LogP contribution in [0.4, 0.5) is 5.13 Å². The Morgan fingerprint density at radius 2 is 2.06 bits per heavy atom. The molecule has 6 heteroatoms. The molecular formula is C11H19N5S. The third-order valence-corrected chi connectivity index (χ3v) is 4.48. The first-order chi connectivity index (χ1) is 8.31. The monoisotopic (exact) mass is 253 g/mol. The maximum Gasteiger partial charge on any atom is 0.203 e. The third kappa shape index (κ3) is 2.59. The van der Waals surface area contributed by atoms with E-state index in [1.165, 1.54) is 56.8 Å². The Balaban J connectivity index is 1.53. The van der Waals surface area contributed by atoms with E-state index in [4.69, 9.17) is 5.73 Å². The van der Waals surface area contributed by atoms with Gasteiger partial charge in [-0.2, -0.15) is 0 Å². The van der Waals surface area contributed by atoms with E-state index in [1.807, 2.05) is 0 Å². The van der Waals surface area contributed by atoms with Crippen LogP contribution in [-0.4, -0.2) is 52.2 Å². The van der Waals surface area contributed by atoms with E-state index in [9.17, 15) is 0 Å². The van der Waals surface area contributed by atoms with E-state index in [-0.39, 0.29) is 0 Å². The smallest absolute Gasteiger partial charge is 0.203 e. The highest BCUT2D eigenvalue weighted by molar-refractivity contribution is 7.15. The van der Waals surface area contributed by atoms with Crippen LogP contribution in [0.3, 0.4) is 0 Å². The molecule has 2 N–H and O–H groups in total. The van der Waals surface area contributed by atoms with Crippen LogP contribution in [0.15, 0.2) is 0 Å². The molecule has 0 radical (unpaired) electrons. The normalized spacial score (nSPS) is 26.9. The van der Waals surface area contributed by atoms with Crippen LogP contribution < -0.4 is 5.73 Å². The van der Waals surface area contributed by atoms with Crippen LogP contribution in [0.5, 0.6) is 0 Å². The van der Waals surface area contributed by atoms with Gasteiger partial charge in [0, 0.05) is 19.1 Å². The Morgan fingerprint density at radius 1 is 1.24 bits per heavy atom. The average Bonchev–Trinajstić information content (AvgIpc) is 3.00. The molecule has 0 aromatic carbocycles. The first-order valence-corrected chi connectivity index (χ1v) is 7.17. The number of nitrogens with two attached hydrogens (primary N) is 1. The summed E-state index contributed by atoms with van der Waals surface area (Å²) in [5.41, 5.74) is 5.60. The van der Waals surface area contributed by atoms with Crippen molar-refractivity contribution in [3.8, 4) is 0 Å². The number of likely N-dealkylation sites (tertiary alicyclic amines) is 2. The van der Waals surface area contributed by atoms with Crippen LogP contribution in [0, 0.1) is 0 Å². The predicted octanol–water partition coefficient (Wildman–Crippen LogP) is 0.790. The number of nitrogen functional groups attached to an aromatic ring is 1. The van der Waals surface area contributed by atoms with Crippen LogP contribution in [0.25, 0.3) is 0 Å². The van der Waals surface area contributed by atoms with Crippen molar-refractivity contribution in [2.24, 2.45) is 0 Å². The van der Waals surface area contributed by atoms with E-state index in [0.29, 0.717) is 5.13 Å². The van der Waals surface area contributed by atoms with Gasteiger partial charge < -0.3 is 5.73 Å². The second-order valence-electron chi connectivity index (χ2n) is 4.95. The fraction of sp³-hybridized carbons (Fsp3) is 0.818. The van der Waals surface area contributed by atoms with E-state index in [1.54, 1.807) is 0 Å². The number of nitrogens with zero attached hydrogens (tertiary/aromatic N) is 4. The molecule has 0 saturated carbocycles.